The summed E-state index contributed by atoms with van der Waals surface area (Å²) in [5, 5.41) is 0. The van der Waals surface area contributed by atoms with Crippen molar-refractivity contribution in [1.29, 1.82) is 0 Å². The first-order valence-electron chi connectivity index (χ1n) is 9.47. The van der Waals surface area contributed by atoms with Crippen molar-refractivity contribution in [3.05, 3.63) is 58.9 Å². The van der Waals surface area contributed by atoms with Crippen LogP contribution in [0.15, 0.2) is 30.3 Å². The Bertz CT molecular complexity index is 910. The largest absolute Gasteiger partial charge is 0.573 e. The minimum absolute atomic E-state index is 0.0362. The van der Waals surface area contributed by atoms with E-state index in [9.17, 15) is 35.1 Å². The second-order valence-electron chi connectivity index (χ2n) is 7.58. The van der Waals surface area contributed by atoms with Crippen LogP contribution >= 0.6 is 0 Å². The average Bonchev–Trinajstić information content (AvgIpc) is 2.65. The van der Waals surface area contributed by atoms with E-state index < -0.39 is 47.0 Å². The summed E-state index contributed by atoms with van der Waals surface area (Å²) in [5.74, 6) is -6.77. The molecule has 10 heteroatoms. The number of rotatable bonds is 5. The van der Waals surface area contributed by atoms with Crippen molar-refractivity contribution in [2.24, 2.45) is 5.92 Å². The summed E-state index contributed by atoms with van der Waals surface area (Å²) in [6.45, 7) is 2.07. The van der Waals surface area contributed by atoms with Gasteiger partial charge in [-0.05, 0) is 60.6 Å². The molecule has 0 atom stereocenters. The van der Waals surface area contributed by atoms with Gasteiger partial charge in [0.15, 0.2) is 29.0 Å². The van der Waals surface area contributed by atoms with Gasteiger partial charge in [0.1, 0.15) is 0 Å². The highest BCUT2D eigenvalue weighted by Gasteiger charge is 2.39. The Hall–Kier alpha value is -2.52. The lowest BCUT2D eigenvalue weighted by molar-refractivity contribution is -0.275. The average molecular weight is 454 g/mol. The zero-order chi connectivity index (χ0) is 23.0. The Morgan fingerprint density at radius 3 is 1.87 bits per heavy atom. The Labute approximate surface area is 172 Å². The molecule has 0 saturated heterocycles. The van der Waals surface area contributed by atoms with Gasteiger partial charge in [0.05, 0.1) is 5.56 Å². The van der Waals surface area contributed by atoms with E-state index in [4.69, 9.17) is 0 Å². The van der Waals surface area contributed by atoms with Gasteiger partial charge in [-0.25, -0.2) is 13.2 Å². The van der Waals surface area contributed by atoms with Crippen molar-refractivity contribution in [2.45, 2.75) is 51.0 Å². The number of hydrogen-bond donors (Lipinski definition) is 0. The molecular weight excluding hydrogens is 436 g/mol. The number of alkyl halides is 5. The first kappa shape index (κ1) is 23.1. The van der Waals surface area contributed by atoms with E-state index in [0.717, 1.165) is 25.0 Å². The van der Waals surface area contributed by atoms with Gasteiger partial charge in [-0.2, -0.15) is 8.78 Å². The van der Waals surface area contributed by atoms with E-state index in [1.165, 1.54) is 0 Å². The van der Waals surface area contributed by atoms with Crippen molar-refractivity contribution in [3.63, 3.8) is 0 Å². The van der Waals surface area contributed by atoms with Crippen LogP contribution in [0.1, 0.15) is 49.7 Å². The standard InChI is InChI=1S/C21H18F8O2/c1-11-2-4-12(5-3-11)13-8-16(23)19(17(24)9-13)31-20(25,26)14-6-7-18(15(22)10-14)30-21(27,28)29/h6-12H,2-5H2,1H3. The number of hydrogen-bond acceptors (Lipinski definition) is 2. The summed E-state index contributed by atoms with van der Waals surface area (Å²) in [6, 6.07) is 2.60. The van der Waals surface area contributed by atoms with Crippen LogP contribution in [-0.4, -0.2) is 6.36 Å². The monoisotopic (exact) mass is 454 g/mol. The smallest absolute Gasteiger partial charge is 0.423 e. The molecule has 3 rings (SSSR count). The number of ether oxygens (including phenoxy) is 2. The molecule has 0 bridgehead atoms. The van der Waals surface area contributed by atoms with Gasteiger partial charge in [-0.3, -0.25) is 0 Å². The molecule has 2 aromatic rings. The Kier molecular flexibility index (Phi) is 6.38. The summed E-state index contributed by atoms with van der Waals surface area (Å²) in [6.07, 6.45) is -6.48. The SMILES string of the molecule is CC1CCC(c2cc(F)c(OC(F)(F)c3ccc(OC(F)(F)F)c(F)c3)c(F)c2)CC1. The lowest BCUT2D eigenvalue weighted by atomic mass is 9.79. The van der Waals surface area contributed by atoms with Crippen molar-refractivity contribution in [1.82, 2.24) is 0 Å². The van der Waals surface area contributed by atoms with Crippen molar-refractivity contribution in [2.75, 3.05) is 0 Å². The maximum atomic E-state index is 14.4. The van der Waals surface area contributed by atoms with Gasteiger partial charge in [-0.1, -0.05) is 19.8 Å². The summed E-state index contributed by atoms with van der Waals surface area (Å²) in [7, 11) is 0. The van der Waals surface area contributed by atoms with Crippen LogP contribution in [0.2, 0.25) is 0 Å². The van der Waals surface area contributed by atoms with Crippen molar-refractivity contribution in [3.8, 4) is 11.5 Å². The van der Waals surface area contributed by atoms with Crippen LogP contribution in [0.5, 0.6) is 11.5 Å². The third-order valence-electron chi connectivity index (χ3n) is 5.23. The molecule has 1 aliphatic rings. The molecule has 2 nitrogen and oxygen atoms in total. The van der Waals surface area contributed by atoms with Crippen molar-refractivity contribution >= 4 is 0 Å². The fourth-order valence-electron chi connectivity index (χ4n) is 3.58. The van der Waals surface area contributed by atoms with E-state index >= 15 is 0 Å². The Morgan fingerprint density at radius 2 is 1.35 bits per heavy atom. The topological polar surface area (TPSA) is 18.5 Å². The molecule has 1 saturated carbocycles. The van der Waals surface area contributed by atoms with Gasteiger partial charge in [0, 0.05) is 0 Å². The van der Waals surface area contributed by atoms with Crippen LogP contribution < -0.4 is 9.47 Å². The minimum atomic E-state index is -5.23. The van der Waals surface area contributed by atoms with Gasteiger partial charge in [-0.15, -0.1) is 13.2 Å². The van der Waals surface area contributed by atoms with E-state index in [2.05, 4.69) is 16.4 Å². The Balaban J connectivity index is 1.81. The lowest BCUT2D eigenvalue weighted by Gasteiger charge is -2.27. The van der Waals surface area contributed by atoms with Crippen LogP contribution in [0.25, 0.3) is 0 Å². The molecule has 0 spiro atoms. The fraction of sp³-hybridized carbons (Fsp3) is 0.429. The van der Waals surface area contributed by atoms with Crippen LogP contribution in [0.4, 0.5) is 35.1 Å². The maximum Gasteiger partial charge on any atom is 0.573 e. The number of halogens is 8. The Morgan fingerprint density at radius 1 is 0.774 bits per heavy atom. The highest BCUT2D eigenvalue weighted by Crippen LogP contribution is 2.40. The molecule has 0 N–H and O–H groups in total. The van der Waals surface area contributed by atoms with Gasteiger partial charge in [0.2, 0.25) is 0 Å². The predicted molar refractivity (Wildman–Crippen MR) is 94.3 cm³/mol. The molecule has 0 amide bonds. The highest BCUT2D eigenvalue weighted by atomic mass is 19.4. The van der Waals surface area contributed by atoms with E-state index in [1.54, 1.807) is 0 Å². The van der Waals surface area contributed by atoms with Gasteiger partial charge >= 0.3 is 12.5 Å². The second-order valence-corrected chi connectivity index (χ2v) is 7.58. The molecular formula is C21H18F8O2. The second kappa shape index (κ2) is 8.55. The zero-order valence-electron chi connectivity index (χ0n) is 16.2. The predicted octanol–water partition coefficient (Wildman–Crippen LogP) is 7.42. The molecule has 31 heavy (non-hydrogen) atoms. The summed E-state index contributed by atoms with van der Waals surface area (Å²) >= 11 is 0. The summed E-state index contributed by atoms with van der Waals surface area (Å²) in [5.41, 5.74) is -0.916. The van der Waals surface area contributed by atoms with Gasteiger partial charge < -0.3 is 9.47 Å². The van der Waals surface area contributed by atoms with Crippen LogP contribution in [0.3, 0.4) is 0 Å². The quantitative estimate of drug-likeness (QED) is 0.438. The van der Waals surface area contributed by atoms with E-state index in [1.807, 2.05) is 0 Å². The molecule has 1 aliphatic carbocycles. The maximum absolute atomic E-state index is 14.4. The third-order valence-corrected chi connectivity index (χ3v) is 5.23. The van der Waals surface area contributed by atoms with E-state index in [-0.39, 0.29) is 12.0 Å². The minimum Gasteiger partial charge on any atom is -0.423 e. The van der Waals surface area contributed by atoms with Crippen molar-refractivity contribution < 1.29 is 44.6 Å². The molecule has 0 aromatic heterocycles. The van der Waals surface area contributed by atoms with Crippen LogP contribution in [0, 0.1) is 23.4 Å². The molecule has 0 aliphatic heterocycles. The third kappa shape index (κ3) is 5.59. The molecule has 1 fully saturated rings. The first-order valence-corrected chi connectivity index (χ1v) is 9.47. The summed E-state index contributed by atoms with van der Waals surface area (Å²) < 4.78 is 115. The molecule has 0 radical (unpaired) electrons. The molecule has 2 aromatic carbocycles. The lowest BCUT2D eigenvalue weighted by Crippen LogP contribution is -2.24. The molecule has 170 valence electrons. The molecule has 0 heterocycles. The zero-order valence-corrected chi connectivity index (χ0v) is 16.2. The molecule has 0 unspecified atom stereocenters. The summed E-state index contributed by atoms with van der Waals surface area (Å²) in [4.78, 5) is 0. The fourth-order valence-corrected chi connectivity index (χ4v) is 3.58. The highest BCUT2D eigenvalue weighted by molar-refractivity contribution is 5.36. The number of benzene rings is 2. The van der Waals surface area contributed by atoms with E-state index in [0.29, 0.717) is 36.5 Å². The van der Waals surface area contributed by atoms with Crippen LogP contribution in [-0.2, 0) is 6.11 Å². The first-order chi connectivity index (χ1) is 14.4. The normalized spacial score (nSPS) is 19.9. The van der Waals surface area contributed by atoms with Gasteiger partial charge in [0.25, 0.3) is 0 Å².